The van der Waals surface area contributed by atoms with E-state index in [0.29, 0.717) is 17.2 Å². The Kier molecular flexibility index (Phi) is 4.70. The van der Waals surface area contributed by atoms with Crippen LogP contribution in [0.2, 0.25) is 0 Å². The van der Waals surface area contributed by atoms with Crippen molar-refractivity contribution in [3.8, 4) is 11.6 Å². The van der Waals surface area contributed by atoms with E-state index in [4.69, 9.17) is 4.74 Å². The number of nitrogens with zero attached hydrogens (tertiary/aromatic N) is 3. The topological polar surface area (TPSA) is 38.2 Å². The SMILES string of the molecule is Cc1cc(F)ccc1Oc1cc(N(C)Cc2ccccc2)ncn1. The predicted octanol–water partition coefficient (Wildman–Crippen LogP) is 4.35. The average molecular weight is 323 g/mol. The fraction of sp³-hybridized carbons (Fsp3) is 0.158. The van der Waals surface area contributed by atoms with Crippen LogP contribution in [-0.2, 0) is 6.54 Å². The number of aryl methyl sites for hydroxylation is 1. The van der Waals surface area contributed by atoms with E-state index in [1.165, 1.54) is 24.0 Å². The average Bonchev–Trinajstić information content (AvgIpc) is 2.59. The molecule has 0 aliphatic carbocycles. The van der Waals surface area contributed by atoms with Gasteiger partial charge in [0, 0.05) is 19.7 Å². The maximum atomic E-state index is 13.2. The van der Waals surface area contributed by atoms with E-state index in [1.54, 1.807) is 19.1 Å². The lowest BCUT2D eigenvalue weighted by Crippen LogP contribution is -2.17. The van der Waals surface area contributed by atoms with Crippen LogP contribution in [0.5, 0.6) is 11.6 Å². The first-order chi connectivity index (χ1) is 11.6. The summed E-state index contributed by atoms with van der Waals surface area (Å²) in [5, 5.41) is 0. The van der Waals surface area contributed by atoms with Gasteiger partial charge in [0.15, 0.2) is 0 Å². The molecule has 5 heteroatoms. The first kappa shape index (κ1) is 15.9. The largest absolute Gasteiger partial charge is 0.439 e. The standard InChI is InChI=1S/C19H18FN3O/c1-14-10-16(20)8-9-17(14)24-19-11-18(21-13-22-19)23(2)12-15-6-4-3-5-7-15/h3-11,13H,12H2,1-2H3. The van der Waals surface area contributed by atoms with Gasteiger partial charge >= 0.3 is 0 Å². The Labute approximate surface area is 140 Å². The summed E-state index contributed by atoms with van der Waals surface area (Å²) < 4.78 is 18.9. The molecule has 0 aliphatic rings. The zero-order chi connectivity index (χ0) is 16.9. The van der Waals surface area contributed by atoms with Crippen molar-refractivity contribution < 1.29 is 9.13 Å². The molecule has 122 valence electrons. The van der Waals surface area contributed by atoms with Gasteiger partial charge in [0.05, 0.1) is 0 Å². The fourth-order valence-corrected chi connectivity index (χ4v) is 2.37. The van der Waals surface area contributed by atoms with Crippen molar-refractivity contribution in [2.75, 3.05) is 11.9 Å². The van der Waals surface area contributed by atoms with Gasteiger partial charge in [0.1, 0.15) is 23.7 Å². The quantitative estimate of drug-likeness (QED) is 0.699. The van der Waals surface area contributed by atoms with Gasteiger partial charge in [-0.15, -0.1) is 0 Å². The van der Waals surface area contributed by atoms with Crippen LogP contribution in [-0.4, -0.2) is 17.0 Å². The van der Waals surface area contributed by atoms with Gasteiger partial charge < -0.3 is 9.64 Å². The van der Waals surface area contributed by atoms with Gasteiger partial charge in [0.2, 0.25) is 5.88 Å². The van der Waals surface area contributed by atoms with Crippen molar-refractivity contribution in [3.63, 3.8) is 0 Å². The summed E-state index contributed by atoms with van der Waals surface area (Å²) in [7, 11) is 1.96. The lowest BCUT2D eigenvalue weighted by molar-refractivity contribution is 0.456. The summed E-state index contributed by atoms with van der Waals surface area (Å²) in [5.74, 6) is 1.47. The molecule has 24 heavy (non-hydrogen) atoms. The van der Waals surface area contributed by atoms with Crippen LogP contribution >= 0.6 is 0 Å². The van der Waals surface area contributed by atoms with Crippen molar-refractivity contribution >= 4 is 5.82 Å². The van der Waals surface area contributed by atoms with Gasteiger partial charge in [-0.1, -0.05) is 30.3 Å². The summed E-state index contributed by atoms with van der Waals surface area (Å²) >= 11 is 0. The number of rotatable bonds is 5. The minimum absolute atomic E-state index is 0.286. The number of ether oxygens (including phenoxy) is 1. The fourth-order valence-electron chi connectivity index (χ4n) is 2.37. The molecule has 1 heterocycles. The highest BCUT2D eigenvalue weighted by Crippen LogP contribution is 2.25. The summed E-state index contributed by atoms with van der Waals surface area (Å²) in [5.41, 5.74) is 1.91. The Morgan fingerprint density at radius 2 is 1.83 bits per heavy atom. The summed E-state index contributed by atoms with van der Waals surface area (Å²) in [6.45, 7) is 2.52. The highest BCUT2D eigenvalue weighted by molar-refractivity contribution is 5.43. The molecule has 0 saturated heterocycles. The van der Waals surface area contributed by atoms with E-state index < -0.39 is 0 Å². The van der Waals surface area contributed by atoms with Crippen LogP contribution in [0.3, 0.4) is 0 Å². The highest BCUT2D eigenvalue weighted by Gasteiger charge is 2.08. The third-order valence-corrected chi connectivity index (χ3v) is 3.63. The molecule has 0 N–H and O–H groups in total. The molecule has 0 fully saturated rings. The summed E-state index contributed by atoms with van der Waals surface area (Å²) in [6, 6.07) is 16.3. The van der Waals surface area contributed by atoms with Gasteiger partial charge in [-0.3, -0.25) is 0 Å². The lowest BCUT2D eigenvalue weighted by atomic mass is 10.2. The number of benzene rings is 2. The zero-order valence-electron chi connectivity index (χ0n) is 13.6. The first-order valence-electron chi connectivity index (χ1n) is 7.63. The van der Waals surface area contributed by atoms with Gasteiger partial charge in [-0.2, -0.15) is 0 Å². The monoisotopic (exact) mass is 323 g/mol. The van der Waals surface area contributed by atoms with Crippen molar-refractivity contribution in [3.05, 3.63) is 77.9 Å². The summed E-state index contributed by atoms with van der Waals surface area (Å²) in [4.78, 5) is 10.4. The third kappa shape index (κ3) is 3.87. The van der Waals surface area contributed by atoms with E-state index >= 15 is 0 Å². The van der Waals surface area contributed by atoms with E-state index in [-0.39, 0.29) is 5.82 Å². The Balaban J connectivity index is 1.76. The Bertz CT molecular complexity index is 824. The minimum Gasteiger partial charge on any atom is -0.439 e. The number of hydrogen-bond acceptors (Lipinski definition) is 4. The van der Waals surface area contributed by atoms with Crippen LogP contribution in [0.1, 0.15) is 11.1 Å². The van der Waals surface area contributed by atoms with Crippen molar-refractivity contribution in [1.82, 2.24) is 9.97 Å². The molecule has 0 unspecified atom stereocenters. The molecule has 0 amide bonds. The number of aromatic nitrogens is 2. The van der Waals surface area contributed by atoms with Crippen molar-refractivity contribution in [2.45, 2.75) is 13.5 Å². The molecule has 0 atom stereocenters. The van der Waals surface area contributed by atoms with E-state index in [9.17, 15) is 4.39 Å². The maximum Gasteiger partial charge on any atom is 0.224 e. The maximum absolute atomic E-state index is 13.2. The second kappa shape index (κ2) is 7.08. The third-order valence-electron chi connectivity index (χ3n) is 3.63. The molecule has 4 nitrogen and oxygen atoms in total. The van der Waals surface area contributed by atoms with Crippen LogP contribution in [0.4, 0.5) is 10.2 Å². The van der Waals surface area contributed by atoms with Crippen LogP contribution in [0.25, 0.3) is 0 Å². The smallest absolute Gasteiger partial charge is 0.224 e. The minimum atomic E-state index is -0.286. The van der Waals surface area contributed by atoms with Crippen LogP contribution in [0, 0.1) is 12.7 Å². The van der Waals surface area contributed by atoms with Crippen LogP contribution in [0.15, 0.2) is 60.9 Å². The zero-order valence-corrected chi connectivity index (χ0v) is 13.6. The van der Waals surface area contributed by atoms with Gasteiger partial charge in [-0.25, -0.2) is 14.4 Å². The first-order valence-corrected chi connectivity index (χ1v) is 7.63. The van der Waals surface area contributed by atoms with Crippen LogP contribution < -0.4 is 9.64 Å². The molecule has 0 radical (unpaired) electrons. The van der Waals surface area contributed by atoms with Gasteiger partial charge in [-0.05, 0) is 36.2 Å². The predicted molar refractivity (Wildman–Crippen MR) is 91.8 cm³/mol. The summed E-state index contributed by atoms with van der Waals surface area (Å²) in [6.07, 6.45) is 1.46. The molecular formula is C19H18FN3O. The molecule has 0 spiro atoms. The normalized spacial score (nSPS) is 10.5. The van der Waals surface area contributed by atoms with E-state index in [1.807, 2.05) is 30.1 Å². The molecule has 1 aromatic heterocycles. The Hall–Kier alpha value is -2.95. The second-order valence-corrected chi connectivity index (χ2v) is 5.57. The number of anilines is 1. The second-order valence-electron chi connectivity index (χ2n) is 5.57. The molecular weight excluding hydrogens is 305 g/mol. The van der Waals surface area contributed by atoms with Crippen molar-refractivity contribution in [1.29, 1.82) is 0 Å². The molecule has 0 aliphatic heterocycles. The highest BCUT2D eigenvalue weighted by atomic mass is 19.1. The molecule has 0 saturated carbocycles. The lowest BCUT2D eigenvalue weighted by Gasteiger charge is -2.18. The Morgan fingerprint density at radius 3 is 2.58 bits per heavy atom. The van der Waals surface area contributed by atoms with Crippen molar-refractivity contribution in [2.24, 2.45) is 0 Å². The molecule has 3 aromatic rings. The van der Waals surface area contributed by atoms with Gasteiger partial charge in [0.25, 0.3) is 0 Å². The number of halogens is 1. The molecule has 3 rings (SSSR count). The Morgan fingerprint density at radius 1 is 1.04 bits per heavy atom. The number of hydrogen-bond donors (Lipinski definition) is 0. The van der Waals surface area contributed by atoms with E-state index in [0.717, 1.165) is 12.4 Å². The molecule has 0 bridgehead atoms. The molecule has 2 aromatic carbocycles. The van der Waals surface area contributed by atoms with E-state index in [2.05, 4.69) is 22.1 Å².